The molecular weight excluding hydrogens is 678 g/mol. The molecule has 5 nitrogen and oxygen atoms in total. The van der Waals surface area contributed by atoms with Crippen LogP contribution in [0.1, 0.15) is 23.6 Å². The molecule has 0 unspecified atom stereocenters. The SMILES string of the molecule is CCOC(COc1ccc(OCC(=O)O)c(C)c1)=C(c1ccc(-c2cc(Cl)cc(Cl)c2)cc1)c1ccc(-c2cc(Cl)cc(Cl)c2)cc1. The highest BCUT2D eigenvalue weighted by Gasteiger charge is 2.17. The Morgan fingerprint density at radius 3 is 1.53 bits per heavy atom. The maximum Gasteiger partial charge on any atom is 0.341 e. The summed E-state index contributed by atoms with van der Waals surface area (Å²) in [5, 5.41) is 11.2. The van der Waals surface area contributed by atoms with Gasteiger partial charge in [0.2, 0.25) is 0 Å². The van der Waals surface area contributed by atoms with Crippen molar-refractivity contribution in [2.75, 3.05) is 19.8 Å². The summed E-state index contributed by atoms with van der Waals surface area (Å²) in [5.41, 5.74) is 7.17. The van der Waals surface area contributed by atoms with Crippen molar-refractivity contribution in [3.63, 3.8) is 0 Å². The van der Waals surface area contributed by atoms with Crippen LogP contribution in [0.15, 0.2) is 109 Å². The summed E-state index contributed by atoms with van der Waals surface area (Å²) in [6.45, 7) is 3.89. The summed E-state index contributed by atoms with van der Waals surface area (Å²) in [6.07, 6.45) is 0. The smallest absolute Gasteiger partial charge is 0.341 e. The molecule has 0 fully saturated rings. The van der Waals surface area contributed by atoms with Gasteiger partial charge in [0.25, 0.3) is 0 Å². The molecule has 240 valence electrons. The second kappa shape index (κ2) is 15.6. The fourth-order valence-electron chi connectivity index (χ4n) is 5.11. The van der Waals surface area contributed by atoms with Crippen LogP contribution in [0.4, 0.5) is 0 Å². The Hall–Kier alpha value is -4.13. The van der Waals surface area contributed by atoms with Gasteiger partial charge in [0.05, 0.1) is 6.61 Å². The lowest BCUT2D eigenvalue weighted by molar-refractivity contribution is -0.139. The van der Waals surface area contributed by atoms with Crippen LogP contribution in [0, 0.1) is 6.92 Å². The third-order valence-corrected chi connectivity index (χ3v) is 8.08. The molecule has 0 amide bonds. The van der Waals surface area contributed by atoms with Crippen LogP contribution in [-0.2, 0) is 9.53 Å². The average molecular weight is 708 g/mol. The molecule has 0 saturated heterocycles. The maximum absolute atomic E-state index is 10.9. The van der Waals surface area contributed by atoms with Gasteiger partial charge in [-0.3, -0.25) is 0 Å². The molecule has 0 saturated carbocycles. The first kappa shape index (κ1) is 34.2. The van der Waals surface area contributed by atoms with Gasteiger partial charge >= 0.3 is 5.97 Å². The number of aryl methyl sites for hydroxylation is 1. The fraction of sp³-hybridized carbons (Fsp3) is 0.132. The summed E-state index contributed by atoms with van der Waals surface area (Å²) in [5.74, 6) is 0.650. The van der Waals surface area contributed by atoms with E-state index in [4.69, 9.17) is 65.7 Å². The minimum Gasteiger partial charge on any atom is -0.494 e. The molecule has 0 spiro atoms. The number of ether oxygens (including phenoxy) is 3. The lowest BCUT2D eigenvalue weighted by Gasteiger charge is -2.19. The number of carboxylic acid groups (broad SMARTS) is 1. The predicted molar refractivity (Wildman–Crippen MR) is 191 cm³/mol. The van der Waals surface area contributed by atoms with E-state index in [2.05, 4.69) is 0 Å². The molecule has 0 bridgehead atoms. The second-order valence-electron chi connectivity index (χ2n) is 10.6. The first-order valence-electron chi connectivity index (χ1n) is 14.7. The lowest BCUT2D eigenvalue weighted by Crippen LogP contribution is -2.11. The number of carboxylic acids is 1. The molecule has 0 aliphatic rings. The standard InChI is InChI=1S/C38H30Cl4O5/c1-3-45-36(21-46-34-12-13-35(23(2)14-34)47-22-37(43)44)38(26-8-4-24(5-9-26)28-15-30(39)19-31(40)16-28)27-10-6-25(7-11-27)29-17-32(41)20-33(42)18-29/h4-20H,3,21-22H2,1-2H3,(H,43,44). The van der Waals surface area contributed by atoms with Gasteiger partial charge in [0.1, 0.15) is 23.9 Å². The number of hydrogen-bond donors (Lipinski definition) is 1. The van der Waals surface area contributed by atoms with Crippen molar-refractivity contribution in [2.24, 2.45) is 0 Å². The summed E-state index contributed by atoms with van der Waals surface area (Å²) >= 11 is 25.1. The van der Waals surface area contributed by atoms with Crippen LogP contribution in [-0.4, -0.2) is 30.9 Å². The zero-order valence-electron chi connectivity index (χ0n) is 25.5. The van der Waals surface area contributed by atoms with Crippen LogP contribution >= 0.6 is 46.4 Å². The summed E-state index contributed by atoms with van der Waals surface area (Å²) in [6, 6.07) is 32.3. The van der Waals surface area contributed by atoms with Gasteiger partial charge in [-0.2, -0.15) is 0 Å². The van der Waals surface area contributed by atoms with Crippen molar-refractivity contribution in [1.29, 1.82) is 0 Å². The molecule has 0 heterocycles. The summed E-state index contributed by atoms with van der Waals surface area (Å²) < 4.78 is 17.8. The second-order valence-corrected chi connectivity index (χ2v) is 12.3. The summed E-state index contributed by atoms with van der Waals surface area (Å²) in [7, 11) is 0. The first-order valence-corrected chi connectivity index (χ1v) is 16.2. The van der Waals surface area contributed by atoms with E-state index in [1.165, 1.54) is 0 Å². The van der Waals surface area contributed by atoms with Gasteiger partial charge in [0, 0.05) is 25.7 Å². The normalized spacial score (nSPS) is 10.8. The van der Waals surface area contributed by atoms with Crippen molar-refractivity contribution in [3.8, 4) is 33.8 Å². The Balaban J connectivity index is 1.53. The Bertz CT molecular complexity index is 1780. The van der Waals surface area contributed by atoms with Gasteiger partial charge in [-0.05, 0) is 107 Å². The molecule has 5 aromatic carbocycles. The zero-order valence-corrected chi connectivity index (χ0v) is 28.6. The quantitative estimate of drug-likeness (QED) is 0.131. The molecule has 5 rings (SSSR count). The van der Waals surface area contributed by atoms with Crippen molar-refractivity contribution >= 4 is 57.9 Å². The summed E-state index contributed by atoms with van der Waals surface area (Å²) in [4.78, 5) is 10.9. The molecule has 1 N–H and O–H groups in total. The first-order chi connectivity index (χ1) is 22.6. The van der Waals surface area contributed by atoms with Gasteiger partial charge in [-0.15, -0.1) is 0 Å². The molecule has 0 aliphatic heterocycles. The third-order valence-electron chi connectivity index (χ3n) is 7.20. The Morgan fingerprint density at radius 2 is 1.11 bits per heavy atom. The van der Waals surface area contributed by atoms with Crippen LogP contribution < -0.4 is 9.47 Å². The van der Waals surface area contributed by atoms with Crippen LogP contribution in [0.2, 0.25) is 20.1 Å². The van der Waals surface area contributed by atoms with E-state index in [1.54, 1.807) is 30.3 Å². The molecular formula is C38H30Cl4O5. The minimum atomic E-state index is -1.04. The van der Waals surface area contributed by atoms with Crippen molar-refractivity contribution < 1.29 is 24.1 Å². The lowest BCUT2D eigenvalue weighted by atomic mass is 9.93. The molecule has 0 radical (unpaired) electrons. The molecule has 0 aliphatic carbocycles. The Labute approximate surface area is 293 Å². The van der Waals surface area contributed by atoms with Crippen molar-refractivity contribution in [2.45, 2.75) is 13.8 Å². The number of hydrogen-bond acceptors (Lipinski definition) is 4. The van der Waals surface area contributed by atoms with Gasteiger partial charge in [0.15, 0.2) is 6.61 Å². The van der Waals surface area contributed by atoms with Gasteiger partial charge < -0.3 is 19.3 Å². The molecule has 5 aromatic rings. The van der Waals surface area contributed by atoms with E-state index in [0.717, 1.165) is 44.5 Å². The topological polar surface area (TPSA) is 65.0 Å². The van der Waals surface area contributed by atoms with E-state index in [9.17, 15) is 4.79 Å². The van der Waals surface area contributed by atoms with Crippen LogP contribution in [0.25, 0.3) is 27.8 Å². The van der Waals surface area contributed by atoms with Crippen LogP contribution in [0.3, 0.4) is 0 Å². The van der Waals surface area contributed by atoms with E-state index >= 15 is 0 Å². The largest absolute Gasteiger partial charge is 0.494 e. The monoisotopic (exact) mass is 706 g/mol. The van der Waals surface area contributed by atoms with Crippen molar-refractivity contribution in [3.05, 3.63) is 146 Å². The number of halogens is 4. The fourth-order valence-corrected chi connectivity index (χ4v) is 6.16. The van der Waals surface area contributed by atoms with E-state index in [-0.39, 0.29) is 6.61 Å². The van der Waals surface area contributed by atoms with Crippen molar-refractivity contribution in [1.82, 2.24) is 0 Å². The third kappa shape index (κ3) is 9.03. The van der Waals surface area contributed by atoms with E-state index in [0.29, 0.717) is 44.0 Å². The average Bonchev–Trinajstić information content (AvgIpc) is 3.03. The number of aliphatic carboxylic acids is 1. The minimum absolute atomic E-state index is 0.134. The number of rotatable bonds is 12. The molecule has 0 atom stereocenters. The number of benzene rings is 5. The highest BCUT2D eigenvalue weighted by atomic mass is 35.5. The van der Waals surface area contributed by atoms with Crippen LogP contribution in [0.5, 0.6) is 11.5 Å². The highest BCUT2D eigenvalue weighted by molar-refractivity contribution is 6.35. The molecule has 47 heavy (non-hydrogen) atoms. The predicted octanol–water partition coefficient (Wildman–Crippen LogP) is 11.3. The Kier molecular flexibility index (Phi) is 11.4. The highest BCUT2D eigenvalue weighted by Crippen LogP contribution is 2.34. The Morgan fingerprint density at radius 1 is 0.617 bits per heavy atom. The van der Waals surface area contributed by atoms with Gasteiger partial charge in [-0.25, -0.2) is 4.79 Å². The van der Waals surface area contributed by atoms with E-state index in [1.807, 2.05) is 86.6 Å². The molecule has 9 heteroatoms. The van der Waals surface area contributed by atoms with E-state index < -0.39 is 12.6 Å². The maximum atomic E-state index is 10.9. The zero-order chi connectivity index (χ0) is 33.5. The number of carbonyl (C=O) groups is 1. The molecule has 0 aromatic heterocycles. The van der Waals surface area contributed by atoms with Gasteiger partial charge in [-0.1, -0.05) is 94.9 Å².